The van der Waals surface area contributed by atoms with Crippen LogP contribution in [0.4, 0.5) is 5.82 Å². The summed E-state index contributed by atoms with van der Waals surface area (Å²) in [7, 11) is 0. The molecule has 0 aromatic carbocycles. The Morgan fingerprint density at radius 1 is 1.37 bits per heavy atom. The maximum atomic E-state index is 11.9. The van der Waals surface area contributed by atoms with Crippen LogP contribution >= 0.6 is 11.6 Å². The standard InChI is InChI=1S/C13H19ClN4O/c14-10-4-5-11(15)17-12(10)13(19)16-6-9-18-7-2-1-3-8-18/h4-5H,1-3,6-9H2,(H2,15,17)(H,16,19). The summed E-state index contributed by atoms with van der Waals surface area (Å²) >= 11 is 5.93. The van der Waals surface area contributed by atoms with Crippen molar-refractivity contribution in [3.8, 4) is 0 Å². The molecule has 0 aliphatic carbocycles. The summed E-state index contributed by atoms with van der Waals surface area (Å²) in [6, 6.07) is 3.16. The second kappa shape index (κ2) is 6.73. The molecule has 1 aliphatic heterocycles. The summed E-state index contributed by atoms with van der Waals surface area (Å²) in [5.74, 6) is 0.0277. The van der Waals surface area contributed by atoms with E-state index in [0.29, 0.717) is 17.4 Å². The van der Waals surface area contributed by atoms with Gasteiger partial charge in [-0.15, -0.1) is 0 Å². The third-order valence-corrected chi connectivity index (χ3v) is 3.55. The van der Waals surface area contributed by atoms with Crippen molar-refractivity contribution >= 4 is 23.3 Å². The third-order valence-electron chi connectivity index (χ3n) is 3.24. The summed E-state index contributed by atoms with van der Waals surface area (Å²) in [6.07, 6.45) is 3.80. The zero-order valence-corrected chi connectivity index (χ0v) is 11.6. The number of hydrogen-bond donors (Lipinski definition) is 2. The molecular weight excluding hydrogens is 264 g/mol. The Labute approximate surface area is 118 Å². The number of aromatic nitrogens is 1. The van der Waals surface area contributed by atoms with Gasteiger partial charge in [0, 0.05) is 13.1 Å². The molecule has 0 bridgehead atoms. The fourth-order valence-electron chi connectivity index (χ4n) is 2.21. The number of pyridine rings is 1. The van der Waals surface area contributed by atoms with Crippen molar-refractivity contribution in [1.29, 1.82) is 0 Å². The molecule has 19 heavy (non-hydrogen) atoms. The predicted molar refractivity (Wildman–Crippen MR) is 76.3 cm³/mol. The van der Waals surface area contributed by atoms with Crippen molar-refractivity contribution in [2.75, 3.05) is 31.9 Å². The van der Waals surface area contributed by atoms with Gasteiger partial charge in [0.05, 0.1) is 5.02 Å². The zero-order chi connectivity index (χ0) is 13.7. The minimum absolute atomic E-state index is 0.195. The predicted octanol–water partition coefficient (Wildman–Crippen LogP) is 1.53. The number of hydrogen-bond acceptors (Lipinski definition) is 4. The number of likely N-dealkylation sites (tertiary alicyclic amines) is 1. The van der Waals surface area contributed by atoms with E-state index < -0.39 is 0 Å². The average Bonchev–Trinajstić information content (AvgIpc) is 2.42. The molecule has 0 spiro atoms. The van der Waals surface area contributed by atoms with Crippen LogP contribution in [0.15, 0.2) is 12.1 Å². The number of nitrogen functional groups attached to an aromatic ring is 1. The lowest BCUT2D eigenvalue weighted by molar-refractivity contribution is 0.0942. The van der Waals surface area contributed by atoms with Gasteiger partial charge < -0.3 is 16.0 Å². The normalized spacial score (nSPS) is 16.3. The van der Waals surface area contributed by atoms with Crippen LogP contribution in [0.3, 0.4) is 0 Å². The number of nitrogens with one attached hydrogen (secondary N) is 1. The number of carbonyl (C=O) groups is 1. The molecule has 5 nitrogen and oxygen atoms in total. The largest absolute Gasteiger partial charge is 0.384 e. The van der Waals surface area contributed by atoms with Gasteiger partial charge in [-0.3, -0.25) is 4.79 Å². The van der Waals surface area contributed by atoms with E-state index in [4.69, 9.17) is 17.3 Å². The van der Waals surface area contributed by atoms with Crippen molar-refractivity contribution in [1.82, 2.24) is 15.2 Å². The van der Waals surface area contributed by atoms with E-state index >= 15 is 0 Å². The molecule has 2 heterocycles. The highest BCUT2D eigenvalue weighted by Gasteiger charge is 2.14. The molecule has 6 heteroatoms. The fraction of sp³-hybridized carbons (Fsp3) is 0.538. The number of halogens is 1. The zero-order valence-electron chi connectivity index (χ0n) is 10.9. The number of carbonyl (C=O) groups excluding carboxylic acids is 1. The van der Waals surface area contributed by atoms with Gasteiger partial charge in [0.25, 0.3) is 5.91 Å². The van der Waals surface area contributed by atoms with Gasteiger partial charge in [0.2, 0.25) is 0 Å². The lowest BCUT2D eigenvalue weighted by Crippen LogP contribution is -2.37. The second-order valence-corrected chi connectivity index (χ2v) is 5.13. The molecule has 1 saturated heterocycles. The van der Waals surface area contributed by atoms with E-state index in [2.05, 4.69) is 15.2 Å². The lowest BCUT2D eigenvalue weighted by atomic mass is 10.1. The van der Waals surface area contributed by atoms with Gasteiger partial charge in [-0.05, 0) is 38.1 Å². The molecule has 2 rings (SSSR count). The minimum atomic E-state index is -0.269. The number of nitrogens with two attached hydrogens (primary N) is 1. The van der Waals surface area contributed by atoms with E-state index in [-0.39, 0.29) is 11.6 Å². The van der Waals surface area contributed by atoms with Crippen LogP contribution in [0.1, 0.15) is 29.8 Å². The molecule has 1 aromatic rings. The SMILES string of the molecule is Nc1ccc(Cl)c(C(=O)NCCN2CCCCC2)n1. The Balaban J connectivity index is 1.82. The van der Waals surface area contributed by atoms with E-state index in [1.54, 1.807) is 12.1 Å². The summed E-state index contributed by atoms with van der Waals surface area (Å²) in [5, 5.41) is 3.15. The van der Waals surface area contributed by atoms with Crippen molar-refractivity contribution in [3.05, 3.63) is 22.8 Å². The quantitative estimate of drug-likeness (QED) is 0.879. The molecule has 0 unspecified atom stereocenters. The molecular formula is C13H19ClN4O. The average molecular weight is 283 g/mol. The molecule has 1 fully saturated rings. The highest BCUT2D eigenvalue weighted by molar-refractivity contribution is 6.33. The van der Waals surface area contributed by atoms with Crippen molar-refractivity contribution in [2.45, 2.75) is 19.3 Å². The van der Waals surface area contributed by atoms with E-state index in [0.717, 1.165) is 19.6 Å². The molecule has 1 aromatic heterocycles. The first-order chi connectivity index (χ1) is 9.16. The lowest BCUT2D eigenvalue weighted by Gasteiger charge is -2.26. The highest BCUT2D eigenvalue weighted by Crippen LogP contribution is 2.14. The Bertz CT molecular complexity index is 446. The molecule has 1 aliphatic rings. The first kappa shape index (κ1) is 14.1. The van der Waals surface area contributed by atoms with Crippen LogP contribution in [0, 0.1) is 0 Å². The first-order valence-electron chi connectivity index (χ1n) is 6.59. The summed E-state index contributed by atoms with van der Waals surface area (Å²) in [6.45, 7) is 3.71. The van der Waals surface area contributed by atoms with Gasteiger partial charge in [0.1, 0.15) is 11.5 Å². The Morgan fingerprint density at radius 3 is 2.84 bits per heavy atom. The third kappa shape index (κ3) is 4.08. The van der Waals surface area contributed by atoms with Gasteiger partial charge in [-0.25, -0.2) is 4.98 Å². The molecule has 0 radical (unpaired) electrons. The van der Waals surface area contributed by atoms with Crippen LogP contribution in [-0.4, -0.2) is 42.0 Å². The van der Waals surface area contributed by atoms with Crippen LogP contribution < -0.4 is 11.1 Å². The van der Waals surface area contributed by atoms with Gasteiger partial charge in [0.15, 0.2) is 0 Å². The molecule has 1 amide bonds. The Hall–Kier alpha value is -1.33. The second-order valence-electron chi connectivity index (χ2n) is 4.72. The van der Waals surface area contributed by atoms with Crippen molar-refractivity contribution in [3.63, 3.8) is 0 Å². The number of nitrogens with zero attached hydrogens (tertiary/aromatic N) is 2. The van der Waals surface area contributed by atoms with E-state index in [1.807, 2.05) is 0 Å². The van der Waals surface area contributed by atoms with Crippen LogP contribution in [0.2, 0.25) is 5.02 Å². The molecule has 3 N–H and O–H groups in total. The van der Waals surface area contributed by atoms with Crippen LogP contribution in [-0.2, 0) is 0 Å². The maximum absolute atomic E-state index is 11.9. The number of piperidine rings is 1. The molecule has 0 saturated carbocycles. The summed E-state index contributed by atoms with van der Waals surface area (Å²) < 4.78 is 0. The minimum Gasteiger partial charge on any atom is -0.384 e. The van der Waals surface area contributed by atoms with Crippen LogP contribution in [0.25, 0.3) is 0 Å². The summed E-state index contributed by atoms with van der Waals surface area (Å²) in [5.41, 5.74) is 5.75. The maximum Gasteiger partial charge on any atom is 0.271 e. The summed E-state index contributed by atoms with van der Waals surface area (Å²) in [4.78, 5) is 18.2. The Kier molecular flexibility index (Phi) is 4.99. The topological polar surface area (TPSA) is 71.2 Å². The van der Waals surface area contributed by atoms with E-state index in [1.165, 1.54) is 19.3 Å². The van der Waals surface area contributed by atoms with Gasteiger partial charge in [-0.1, -0.05) is 18.0 Å². The monoisotopic (exact) mass is 282 g/mol. The first-order valence-corrected chi connectivity index (χ1v) is 6.97. The van der Waals surface area contributed by atoms with Gasteiger partial charge >= 0.3 is 0 Å². The van der Waals surface area contributed by atoms with Crippen molar-refractivity contribution < 1.29 is 4.79 Å². The fourth-order valence-corrected chi connectivity index (χ4v) is 2.40. The number of anilines is 1. The number of rotatable bonds is 4. The molecule has 104 valence electrons. The smallest absolute Gasteiger partial charge is 0.271 e. The number of amides is 1. The molecule has 0 atom stereocenters. The van der Waals surface area contributed by atoms with Crippen molar-refractivity contribution in [2.24, 2.45) is 0 Å². The van der Waals surface area contributed by atoms with Crippen LogP contribution in [0.5, 0.6) is 0 Å². The Morgan fingerprint density at radius 2 is 2.11 bits per heavy atom. The van der Waals surface area contributed by atoms with Gasteiger partial charge in [-0.2, -0.15) is 0 Å². The van der Waals surface area contributed by atoms with E-state index in [9.17, 15) is 4.79 Å². The highest BCUT2D eigenvalue weighted by atomic mass is 35.5.